The second-order valence-corrected chi connectivity index (χ2v) is 9.87. The number of hydrogen-bond acceptors (Lipinski definition) is 7. The zero-order valence-corrected chi connectivity index (χ0v) is 18.9. The van der Waals surface area contributed by atoms with Crippen molar-refractivity contribution >= 4 is 46.2 Å². The van der Waals surface area contributed by atoms with Crippen LogP contribution in [0.3, 0.4) is 0 Å². The monoisotopic (exact) mass is 460 g/mol. The maximum absolute atomic E-state index is 6.26. The third kappa shape index (κ3) is 3.27. The van der Waals surface area contributed by atoms with Crippen LogP contribution in [-0.2, 0) is 11.8 Å². The van der Waals surface area contributed by atoms with E-state index in [1.165, 1.54) is 23.7 Å². The number of nitrogens with two attached hydrogens (primary N) is 1. The smallest absolute Gasteiger partial charge is 0.179 e. The van der Waals surface area contributed by atoms with E-state index in [0.717, 1.165) is 47.2 Å². The Morgan fingerprint density at radius 1 is 1.00 bits per heavy atom. The van der Waals surface area contributed by atoms with Gasteiger partial charge in [0.2, 0.25) is 0 Å². The molecule has 2 N–H and O–H groups in total. The van der Waals surface area contributed by atoms with Crippen molar-refractivity contribution in [2.24, 2.45) is 0 Å². The van der Waals surface area contributed by atoms with E-state index >= 15 is 0 Å². The Kier molecular flexibility index (Phi) is 4.69. The number of nitrogens with zero attached hydrogens (tertiary/aromatic N) is 5. The Hall–Kier alpha value is -2.90. The highest BCUT2D eigenvalue weighted by Gasteiger charge is 2.44. The van der Waals surface area contributed by atoms with E-state index in [0.29, 0.717) is 21.9 Å². The van der Waals surface area contributed by atoms with E-state index in [4.69, 9.17) is 22.3 Å². The lowest BCUT2D eigenvalue weighted by molar-refractivity contribution is 0.288. The SMILES string of the molecule is Nc1nccc(Sc2ccc3nc(N4CCC5(CC4)Cc4ccccc45)cnc3n2)c1Cl. The van der Waals surface area contributed by atoms with Crippen molar-refractivity contribution in [3.63, 3.8) is 0 Å². The Balaban J connectivity index is 1.19. The predicted octanol–water partition coefficient (Wildman–Crippen LogP) is 4.90. The molecule has 1 aliphatic heterocycles. The molecule has 0 atom stereocenters. The number of fused-ring (bicyclic) bond motifs is 3. The van der Waals surface area contributed by atoms with Crippen molar-refractivity contribution < 1.29 is 0 Å². The molecule has 3 aromatic heterocycles. The standard InChI is InChI=1S/C24H21ClN6S/c25-21-18(7-10-27-22(21)26)32-20-6-5-17-23(30-20)28-14-19(29-17)31-11-8-24(9-12-31)13-15-3-1-2-4-16(15)24/h1-7,10,14H,8-9,11-13H2,(H2,26,27). The molecule has 1 spiro atoms. The van der Waals surface area contributed by atoms with Crippen molar-refractivity contribution in [2.75, 3.05) is 23.7 Å². The summed E-state index contributed by atoms with van der Waals surface area (Å²) in [6.07, 6.45) is 7.01. The fourth-order valence-corrected chi connectivity index (χ4v) is 5.92. The second kappa shape index (κ2) is 7.60. The summed E-state index contributed by atoms with van der Waals surface area (Å²) in [4.78, 5) is 21.3. The first-order valence-corrected chi connectivity index (χ1v) is 11.9. The molecule has 1 aromatic carbocycles. The van der Waals surface area contributed by atoms with Crippen LogP contribution in [0.25, 0.3) is 11.2 Å². The van der Waals surface area contributed by atoms with E-state index in [2.05, 4.69) is 44.1 Å². The van der Waals surface area contributed by atoms with E-state index in [-0.39, 0.29) is 0 Å². The molecule has 0 unspecified atom stereocenters. The molecule has 4 heterocycles. The van der Waals surface area contributed by atoms with Gasteiger partial charge < -0.3 is 10.6 Å². The van der Waals surface area contributed by atoms with Crippen LogP contribution in [0.15, 0.2) is 64.8 Å². The topological polar surface area (TPSA) is 80.8 Å². The van der Waals surface area contributed by atoms with Crippen LogP contribution in [0.5, 0.6) is 0 Å². The van der Waals surface area contributed by atoms with Crippen molar-refractivity contribution in [3.8, 4) is 0 Å². The molecule has 0 bridgehead atoms. The predicted molar refractivity (Wildman–Crippen MR) is 128 cm³/mol. The lowest BCUT2D eigenvalue weighted by Crippen LogP contribution is -2.49. The zero-order chi connectivity index (χ0) is 21.7. The molecule has 6 rings (SSSR count). The van der Waals surface area contributed by atoms with Gasteiger partial charge in [-0.1, -0.05) is 47.6 Å². The summed E-state index contributed by atoms with van der Waals surface area (Å²) >= 11 is 7.70. The van der Waals surface area contributed by atoms with Crippen LogP contribution in [0.2, 0.25) is 5.02 Å². The molecule has 32 heavy (non-hydrogen) atoms. The van der Waals surface area contributed by atoms with Crippen LogP contribution in [0.4, 0.5) is 11.6 Å². The molecule has 4 aromatic rings. The van der Waals surface area contributed by atoms with Crippen molar-refractivity contribution in [1.82, 2.24) is 19.9 Å². The number of piperidine rings is 1. The van der Waals surface area contributed by atoms with Crippen LogP contribution in [0.1, 0.15) is 24.0 Å². The maximum atomic E-state index is 6.26. The molecular formula is C24H21ClN6S. The number of pyridine rings is 2. The summed E-state index contributed by atoms with van der Waals surface area (Å²) in [6.45, 7) is 2.00. The molecule has 6 nitrogen and oxygen atoms in total. The Morgan fingerprint density at radius 3 is 2.69 bits per heavy atom. The fraction of sp³-hybridized carbons (Fsp3) is 0.250. The molecule has 0 radical (unpaired) electrons. The summed E-state index contributed by atoms with van der Waals surface area (Å²) in [5.41, 5.74) is 10.6. The molecule has 8 heteroatoms. The van der Waals surface area contributed by atoms with Crippen LogP contribution < -0.4 is 10.6 Å². The van der Waals surface area contributed by atoms with Crippen molar-refractivity contribution in [1.29, 1.82) is 0 Å². The molecule has 160 valence electrons. The van der Waals surface area contributed by atoms with E-state index in [1.54, 1.807) is 11.8 Å². The number of benzene rings is 1. The lowest BCUT2D eigenvalue weighted by atomic mass is 9.59. The van der Waals surface area contributed by atoms with Gasteiger partial charge in [0.15, 0.2) is 5.65 Å². The highest BCUT2D eigenvalue weighted by Crippen LogP contribution is 2.48. The molecule has 1 saturated heterocycles. The first kappa shape index (κ1) is 19.8. The fourth-order valence-electron chi connectivity index (χ4n) is 4.87. The molecule has 0 amide bonds. The molecule has 1 fully saturated rings. The van der Waals surface area contributed by atoms with Gasteiger partial charge in [0.25, 0.3) is 0 Å². The summed E-state index contributed by atoms with van der Waals surface area (Å²) in [5, 5.41) is 1.23. The minimum atomic E-state index is 0.315. The van der Waals surface area contributed by atoms with Gasteiger partial charge in [-0.25, -0.2) is 19.9 Å². The Bertz CT molecular complexity index is 1340. The number of nitrogen functional groups attached to an aromatic ring is 1. The number of rotatable bonds is 3. The molecule has 2 aliphatic rings. The van der Waals surface area contributed by atoms with Gasteiger partial charge >= 0.3 is 0 Å². The molecular weight excluding hydrogens is 440 g/mol. The largest absolute Gasteiger partial charge is 0.382 e. The van der Waals surface area contributed by atoms with Crippen LogP contribution >= 0.6 is 23.4 Å². The third-order valence-electron chi connectivity index (χ3n) is 6.62. The van der Waals surface area contributed by atoms with Gasteiger partial charge in [-0.05, 0) is 48.6 Å². The number of hydrogen-bond donors (Lipinski definition) is 1. The normalized spacial score (nSPS) is 16.7. The quantitative estimate of drug-likeness (QED) is 0.465. The maximum Gasteiger partial charge on any atom is 0.179 e. The van der Waals surface area contributed by atoms with Crippen LogP contribution in [-0.4, -0.2) is 33.0 Å². The number of halogens is 1. The highest BCUT2D eigenvalue weighted by atomic mass is 35.5. The van der Waals surface area contributed by atoms with Gasteiger partial charge in [0.1, 0.15) is 22.2 Å². The minimum Gasteiger partial charge on any atom is -0.382 e. The Morgan fingerprint density at radius 2 is 1.84 bits per heavy atom. The zero-order valence-electron chi connectivity index (χ0n) is 17.3. The van der Waals surface area contributed by atoms with Crippen molar-refractivity contribution in [3.05, 3.63) is 71.0 Å². The summed E-state index contributed by atoms with van der Waals surface area (Å²) in [6, 6.07) is 14.6. The number of anilines is 2. The summed E-state index contributed by atoms with van der Waals surface area (Å²) < 4.78 is 0. The van der Waals surface area contributed by atoms with Gasteiger partial charge in [0, 0.05) is 29.6 Å². The lowest BCUT2D eigenvalue weighted by Gasteiger charge is -2.49. The van der Waals surface area contributed by atoms with E-state index < -0.39 is 0 Å². The average molecular weight is 461 g/mol. The first-order chi connectivity index (χ1) is 15.6. The average Bonchev–Trinajstić information content (AvgIpc) is 2.81. The van der Waals surface area contributed by atoms with Gasteiger partial charge in [-0.15, -0.1) is 0 Å². The highest BCUT2D eigenvalue weighted by molar-refractivity contribution is 7.99. The minimum absolute atomic E-state index is 0.315. The van der Waals surface area contributed by atoms with Gasteiger partial charge in [0.05, 0.1) is 11.2 Å². The van der Waals surface area contributed by atoms with E-state index in [9.17, 15) is 0 Å². The number of aromatic nitrogens is 4. The van der Waals surface area contributed by atoms with Crippen molar-refractivity contribution in [2.45, 2.75) is 34.6 Å². The molecule has 1 aliphatic carbocycles. The van der Waals surface area contributed by atoms with Gasteiger partial charge in [-0.2, -0.15) is 0 Å². The summed E-state index contributed by atoms with van der Waals surface area (Å²) in [7, 11) is 0. The van der Waals surface area contributed by atoms with E-state index in [1.807, 2.05) is 24.4 Å². The first-order valence-electron chi connectivity index (χ1n) is 10.7. The summed E-state index contributed by atoms with van der Waals surface area (Å²) in [5.74, 6) is 1.24. The van der Waals surface area contributed by atoms with Gasteiger partial charge in [-0.3, -0.25) is 0 Å². The Labute approximate surface area is 195 Å². The molecule has 0 saturated carbocycles. The van der Waals surface area contributed by atoms with Crippen LogP contribution in [0, 0.1) is 0 Å². The second-order valence-electron chi connectivity index (χ2n) is 8.43. The third-order valence-corrected chi connectivity index (χ3v) is 8.13.